The Morgan fingerprint density at radius 1 is 1.14 bits per heavy atom. The number of benzene rings is 1. The molecule has 0 aromatic heterocycles. The van der Waals surface area contributed by atoms with Crippen LogP contribution in [-0.2, 0) is 0 Å². The van der Waals surface area contributed by atoms with Gasteiger partial charge in [0.15, 0.2) is 0 Å². The summed E-state index contributed by atoms with van der Waals surface area (Å²) in [6, 6.07) is 8.29. The highest BCUT2D eigenvalue weighted by molar-refractivity contribution is 6.30. The smallest absolute Gasteiger partial charge is 0.119 e. The molecule has 2 nitrogen and oxygen atoms in total. The Balaban J connectivity index is 1.55. The lowest BCUT2D eigenvalue weighted by atomic mass is 9.78. The average Bonchev–Trinajstić information content (AvgIpc) is 2.49. The summed E-state index contributed by atoms with van der Waals surface area (Å²) in [5.74, 6) is 2.58. The van der Waals surface area contributed by atoms with Gasteiger partial charge in [0.1, 0.15) is 5.75 Å². The van der Waals surface area contributed by atoms with Crippen molar-refractivity contribution in [2.24, 2.45) is 11.8 Å². The van der Waals surface area contributed by atoms with Gasteiger partial charge in [-0.05, 0) is 61.9 Å². The van der Waals surface area contributed by atoms with Gasteiger partial charge in [0, 0.05) is 11.1 Å². The highest BCUT2D eigenvalue weighted by atomic mass is 35.5. The molecule has 1 saturated carbocycles. The molecule has 1 fully saturated rings. The molecule has 3 heteroatoms. The molecule has 1 aliphatic carbocycles. The number of unbranched alkanes of at least 4 members (excludes halogenated alkanes) is 1. The minimum Gasteiger partial charge on any atom is -0.494 e. The molecular formula is C18H28ClNO. The van der Waals surface area contributed by atoms with Gasteiger partial charge in [-0.1, -0.05) is 38.3 Å². The summed E-state index contributed by atoms with van der Waals surface area (Å²) in [6.45, 7) is 6.66. The van der Waals surface area contributed by atoms with Crippen LogP contribution in [0.25, 0.3) is 0 Å². The maximum Gasteiger partial charge on any atom is 0.119 e. The van der Waals surface area contributed by atoms with E-state index in [0.717, 1.165) is 42.2 Å². The fraction of sp³-hybridized carbons (Fsp3) is 0.667. The first kappa shape index (κ1) is 16.6. The fourth-order valence-corrected chi connectivity index (χ4v) is 3.23. The van der Waals surface area contributed by atoms with Gasteiger partial charge < -0.3 is 10.1 Å². The number of halogens is 1. The van der Waals surface area contributed by atoms with Crippen molar-refractivity contribution in [3.8, 4) is 5.75 Å². The molecule has 0 aliphatic heterocycles. The van der Waals surface area contributed by atoms with Gasteiger partial charge in [0.2, 0.25) is 0 Å². The van der Waals surface area contributed by atoms with Crippen molar-refractivity contribution < 1.29 is 4.74 Å². The molecule has 1 N–H and O–H groups in total. The molecule has 0 bridgehead atoms. The largest absolute Gasteiger partial charge is 0.494 e. The summed E-state index contributed by atoms with van der Waals surface area (Å²) in [5.41, 5.74) is 0. The van der Waals surface area contributed by atoms with Crippen molar-refractivity contribution in [3.63, 3.8) is 0 Å². The summed E-state index contributed by atoms with van der Waals surface area (Å²) >= 11 is 5.85. The number of nitrogens with one attached hydrogen (secondary N) is 1. The Morgan fingerprint density at radius 3 is 2.67 bits per heavy atom. The topological polar surface area (TPSA) is 21.3 Å². The molecule has 1 aliphatic rings. The molecule has 118 valence electrons. The van der Waals surface area contributed by atoms with Crippen molar-refractivity contribution in [2.75, 3.05) is 13.2 Å². The second kappa shape index (κ2) is 8.65. The highest BCUT2D eigenvalue weighted by Gasteiger charge is 2.26. The van der Waals surface area contributed by atoms with E-state index in [1.165, 1.54) is 25.7 Å². The Hall–Kier alpha value is -0.730. The number of rotatable bonds is 7. The summed E-state index contributed by atoms with van der Waals surface area (Å²) in [6.07, 6.45) is 6.38. The lowest BCUT2D eigenvalue weighted by molar-refractivity contribution is 0.205. The van der Waals surface area contributed by atoms with E-state index in [1.807, 2.05) is 24.3 Å². The second-order valence-electron chi connectivity index (χ2n) is 6.34. The predicted molar refractivity (Wildman–Crippen MR) is 90.2 cm³/mol. The van der Waals surface area contributed by atoms with E-state index in [2.05, 4.69) is 19.2 Å². The average molecular weight is 310 g/mol. The van der Waals surface area contributed by atoms with Crippen LogP contribution in [0.3, 0.4) is 0 Å². The van der Waals surface area contributed by atoms with Crippen LogP contribution in [0.1, 0.15) is 46.0 Å². The minimum atomic E-state index is 0.714. The van der Waals surface area contributed by atoms with Gasteiger partial charge in [0.25, 0.3) is 0 Å². The van der Waals surface area contributed by atoms with E-state index in [-0.39, 0.29) is 0 Å². The number of hydrogen-bond acceptors (Lipinski definition) is 2. The Labute approximate surface area is 134 Å². The van der Waals surface area contributed by atoms with Crippen LogP contribution < -0.4 is 10.1 Å². The first-order valence-electron chi connectivity index (χ1n) is 8.28. The molecule has 0 heterocycles. The zero-order chi connectivity index (χ0) is 15.1. The molecular weight excluding hydrogens is 282 g/mol. The fourth-order valence-electron chi connectivity index (χ4n) is 3.11. The van der Waals surface area contributed by atoms with E-state index >= 15 is 0 Å². The zero-order valence-corrected chi connectivity index (χ0v) is 14.0. The van der Waals surface area contributed by atoms with Gasteiger partial charge in [0.05, 0.1) is 6.61 Å². The SMILES string of the molecule is C[C@H]1[C@@H](NCCCCOc2ccc(Cl)cc2)CCC[C@@H]1C. The van der Waals surface area contributed by atoms with Gasteiger partial charge in [-0.2, -0.15) is 0 Å². The standard InChI is InChI=1S/C18H28ClNO/c1-14-6-5-7-18(15(14)2)20-12-3-4-13-21-17-10-8-16(19)9-11-17/h8-11,14-15,18,20H,3-7,12-13H2,1-2H3/t14-,15+,18-/m0/s1. The van der Waals surface area contributed by atoms with Crippen LogP contribution in [0.15, 0.2) is 24.3 Å². The monoisotopic (exact) mass is 309 g/mol. The van der Waals surface area contributed by atoms with Gasteiger partial charge in [-0.3, -0.25) is 0 Å². The van der Waals surface area contributed by atoms with Gasteiger partial charge in [-0.25, -0.2) is 0 Å². The molecule has 0 amide bonds. The van der Waals surface area contributed by atoms with Crippen molar-refractivity contribution in [1.82, 2.24) is 5.32 Å². The van der Waals surface area contributed by atoms with Gasteiger partial charge in [-0.15, -0.1) is 0 Å². The molecule has 2 rings (SSSR count). The second-order valence-corrected chi connectivity index (χ2v) is 6.77. The molecule has 1 aromatic carbocycles. The van der Waals surface area contributed by atoms with E-state index in [4.69, 9.17) is 16.3 Å². The normalized spacial score (nSPS) is 25.8. The maximum atomic E-state index is 5.85. The Kier molecular flexibility index (Phi) is 6.85. The van der Waals surface area contributed by atoms with Crippen LogP contribution in [0.2, 0.25) is 5.02 Å². The van der Waals surface area contributed by atoms with E-state index in [1.54, 1.807) is 0 Å². The number of hydrogen-bond donors (Lipinski definition) is 1. The van der Waals surface area contributed by atoms with E-state index in [0.29, 0.717) is 6.04 Å². The van der Waals surface area contributed by atoms with Crippen LogP contribution >= 0.6 is 11.6 Å². The predicted octanol–water partition coefficient (Wildman–Crippen LogP) is 4.91. The molecule has 21 heavy (non-hydrogen) atoms. The van der Waals surface area contributed by atoms with Crippen LogP contribution in [0.5, 0.6) is 5.75 Å². The van der Waals surface area contributed by atoms with Crippen LogP contribution in [0.4, 0.5) is 0 Å². The number of ether oxygens (including phenoxy) is 1. The quantitative estimate of drug-likeness (QED) is 0.722. The van der Waals surface area contributed by atoms with Crippen molar-refractivity contribution in [2.45, 2.75) is 52.0 Å². The summed E-state index contributed by atoms with van der Waals surface area (Å²) < 4.78 is 5.70. The molecule has 0 spiro atoms. The van der Waals surface area contributed by atoms with Crippen LogP contribution in [0, 0.1) is 11.8 Å². The van der Waals surface area contributed by atoms with E-state index in [9.17, 15) is 0 Å². The maximum absolute atomic E-state index is 5.85. The molecule has 0 unspecified atom stereocenters. The third-order valence-corrected chi connectivity index (χ3v) is 5.02. The van der Waals surface area contributed by atoms with Crippen LogP contribution in [-0.4, -0.2) is 19.2 Å². The first-order valence-corrected chi connectivity index (χ1v) is 8.66. The lowest BCUT2D eigenvalue weighted by Crippen LogP contribution is -2.41. The summed E-state index contributed by atoms with van der Waals surface area (Å²) in [5, 5.41) is 4.49. The minimum absolute atomic E-state index is 0.714. The summed E-state index contributed by atoms with van der Waals surface area (Å²) in [7, 11) is 0. The molecule has 1 aromatic rings. The Morgan fingerprint density at radius 2 is 1.90 bits per heavy atom. The van der Waals surface area contributed by atoms with Crippen molar-refractivity contribution in [3.05, 3.63) is 29.3 Å². The Bertz CT molecular complexity index is 406. The third kappa shape index (κ3) is 5.52. The van der Waals surface area contributed by atoms with Gasteiger partial charge >= 0.3 is 0 Å². The molecule has 3 atom stereocenters. The highest BCUT2D eigenvalue weighted by Crippen LogP contribution is 2.29. The van der Waals surface area contributed by atoms with Crippen molar-refractivity contribution in [1.29, 1.82) is 0 Å². The zero-order valence-electron chi connectivity index (χ0n) is 13.3. The third-order valence-electron chi connectivity index (χ3n) is 4.77. The molecule has 0 saturated heterocycles. The summed E-state index contributed by atoms with van der Waals surface area (Å²) in [4.78, 5) is 0. The molecule has 0 radical (unpaired) electrons. The van der Waals surface area contributed by atoms with Crippen molar-refractivity contribution >= 4 is 11.6 Å². The van der Waals surface area contributed by atoms with E-state index < -0.39 is 0 Å². The lowest BCUT2D eigenvalue weighted by Gasteiger charge is -2.34. The first-order chi connectivity index (χ1) is 10.2.